The molecule has 1 aliphatic carbocycles. The number of likely N-dealkylation sites (N-methyl/N-ethyl adjacent to an activating group) is 1. The minimum absolute atomic E-state index is 0.0720. The number of hydrogen-bond acceptors (Lipinski definition) is 3. The van der Waals surface area contributed by atoms with E-state index in [4.69, 9.17) is 0 Å². The van der Waals surface area contributed by atoms with Gasteiger partial charge in [0.15, 0.2) is 0 Å². The molecule has 2 N–H and O–H groups in total. The lowest BCUT2D eigenvalue weighted by molar-refractivity contribution is -0.117. The molecule has 2 rings (SSSR count). The largest absolute Gasteiger partial charge is 0.351 e. The van der Waals surface area contributed by atoms with E-state index in [1.54, 1.807) is 24.3 Å². The highest BCUT2D eigenvalue weighted by atomic mass is 16.2. The Morgan fingerprint density at radius 1 is 1.04 bits per heavy atom. The standard InChI is InChI=1S/C21H33N3O2/c1-3-24(4-2)15-14-22-21(26)18-10-12-19(13-11-18)23-20(25)16-17-8-6-5-7-9-17/h10-13,17H,3-9,14-16H2,1-2H3,(H,22,26)(H,23,25). The molecule has 5 heteroatoms. The summed E-state index contributed by atoms with van der Waals surface area (Å²) in [5.41, 5.74) is 1.38. The molecule has 0 bridgehead atoms. The van der Waals surface area contributed by atoms with Crippen molar-refractivity contribution in [2.75, 3.05) is 31.5 Å². The average molecular weight is 360 g/mol. The Labute approximate surface area is 157 Å². The Hall–Kier alpha value is -1.88. The van der Waals surface area contributed by atoms with Crippen molar-refractivity contribution in [3.05, 3.63) is 29.8 Å². The summed E-state index contributed by atoms with van der Waals surface area (Å²) in [5, 5.41) is 5.90. The number of carbonyl (C=O) groups is 2. The fourth-order valence-electron chi connectivity index (χ4n) is 3.54. The second-order valence-electron chi connectivity index (χ2n) is 7.12. The lowest BCUT2D eigenvalue weighted by atomic mass is 9.87. The highest BCUT2D eigenvalue weighted by molar-refractivity contribution is 5.95. The van der Waals surface area contributed by atoms with Crippen molar-refractivity contribution >= 4 is 17.5 Å². The van der Waals surface area contributed by atoms with Crippen LogP contribution in [0.3, 0.4) is 0 Å². The quantitative estimate of drug-likeness (QED) is 0.707. The van der Waals surface area contributed by atoms with Crippen LogP contribution in [0, 0.1) is 5.92 Å². The molecule has 0 atom stereocenters. The van der Waals surface area contributed by atoms with Gasteiger partial charge in [-0.05, 0) is 56.1 Å². The molecule has 0 spiro atoms. The maximum atomic E-state index is 12.2. The molecule has 0 heterocycles. The first-order valence-electron chi connectivity index (χ1n) is 10.0. The van der Waals surface area contributed by atoms with Crippen molar-refractivity contribution in [2.24, 2.45) is 5.92 Å². The third kappa shape index (κ3) is 6.79. The molecule has 26 heavy (non-hydrogen) atoms. The first-order chi connectivity index (χ1) is 12.6. The van der Waals surface area contributed by atoms with Gasteiger partial charge in [0.1, 0.15) is 0 Å². The molecule has 0 unspecified atom stereocenters. The Kier molecular flexibility index (Phi) is 8.62. The fraction of sp³-hybridized carbons (Fsp3) is 0.619. The van der Waals surface area contributed by atoms with Crippen LogP contribution in [0.4, 0.5) is 5.69 Å². The monoisotopic (exact) mass is 359 g/mol. The van der Waals surface area contributed by atoms with Crippen LogP contribution in [0.1, 0.15) is 62.7 Å². The third-order valence-electron chi connectivity index (χ3n) is 5.24. The van der Waals surface area contributed by atoms with Crippen LogP contribution in [0.25, 0.3) is 0 Å². The second-order valence-corrected chi connectivity index (χ2v) is 7.12. The zero-order valence-electron chi connectivity index (χ0n) is 16.2. The van der Waals surface area contributed by atoms with Gasteiger partial charge in [-0.3, -0.25) is 9.59 Å². The Morgan fingerprint density at radius 3 is 2.31 bits per heavy atom. The molecule has 0 saturated heterocycles. The van der Waals surface area contributed by atoms with Crippen molar-refractivity contribution in [2.45, 2.75) is 52.4 Å². The summed E-state index contributed by atoms with van der Waals surface area (Å²) in [6.07, 6.45) is 6.73. The summed E-state index contributed by atoms with van der Waals surface area (Å²) in [6, 6.07) is 7.14. The predicted octanol–water partition coefficient (Wildman–Crippen LogP) is 3.67. The van der Waals surface area contributed by atoms with E-state index < -0.39 is 0 Å². The van der Waals surface area contributed by atoms with Gasteiger partial charge in [0.05, 0.1) is 0 Å². The van der Waals surface area contributed by atoms with E-state index in [2.05, 4.69) is 29.4 Å². The van der Waals surface area contributed by atoms with Crippen molar-refractivity contribution < 1.29 is 9.59 Å². The number of hydrogen-bond donors (Lipinski definition) is 2. The first-order valence-corrected chi connectivity index (χ1v) is 10.0. The summed E-state index contributed by atoms with van der Waals surface area (Å²) >= 11 is 0. The molecule has 5 nitrogen and oxygen atoms in total. The third-order valence-corrected chi connectivity index (χ3v) is 5.24. The molecule has 1 fully saturated rings. The fourth-order valence-corrected chi connectivity index (χ4v) is 3.54. The molecule has 0 aromatic heterocycles. The number of nitrogens with zero attached hydrogens (tertiary/aromatic N) is 1. The highest BCUT2D eigenvalue weighted by Gasteiger charge is 2.17. The van der Waals surface area contributed by atoms with Gasteiger partial charge in [-0.1, -0.05) is 33.1 Å². The Morgan fingerprint density at radius 2 is 1.69 bits per heavy atom. The van der Waals surface area contributed by atoms with Gasteiger partial charge >= 0.3 is 0 Å². The molecule has 1 aromatic carbocycles. The van der Waals surface area contributed by atoms with Crippen LogP contribution < -0.4 is 10.6 Å². The van der Waals surface area contributed by atoms with Gasteiger partial charge in [0.2, 0.25) is 5.91 Å². The molecule has 0 radical (unpaired) electrons. The van der Waals surface area contributed by atoms with Crippen LogP contribution in [-0.4, -0.2) is 42.9 Å². The van der Waals surface area contributed by atoms with Crippen molar-refractivity contribution in [3.63, 3.8) is 0 Å². The average Bonchev–Trinajstić information content (AvgIpc) is 2.66. The number of benzene rings is 1. The summed E-state index contributed by atoms with van der Waals surface area (Å²) in [6.45, 7) is 7.71. The summed E-state index contributed by atoms with van der Waals surface area (Å²) in [7, 11) is 0. The lowest BCUT2D eigenvalue weighted by Crippen LogP contribution is -2.34. The van der Waals surface area contributed by atoms with Gasteiger partial charge in [-0.15, -0.1) is 0 Å². The molecular formula is C21H33N3O2. The maximum Gasteiger partial charge on any atom is 0.251 e. The van der Waals surface area contributed by atoms with Crippen molar-refractivity contribution in [1.29, 1.82) is 0 Å². The van der Waals surface area contributed by atoms with E-state index in [1.165, 1.54) is 32.1 Å². The van der Waals surface area contributed by atoms with Gasteiger partial charge < -0.3 is 15.5 Å². The van der Waals surface area contributed by atoms with Crippen LogP contribution in [0.5, 0.6) is 0 Å². The van der Waals surface area contributed by atoms with E-state index in [9.17, 15) is 9.59 Å². The molecular weight excluding hydrogens is 326 g/mol. The lowest BCUT2D eigenvalue weighted by Gasteiger charge is -2.20. The van der Waals surface area contributed by atoms with E-state index >= 15 is 0 Å². The SMILES string of the molecule is CCN(CC)CCNC(=O)c1ccc(NC(=O)CC2CCCCC2)cc1. The van der Waals surface area contributed by atoms with E-state index in [0.29, 0.717) is 24.4 Å². The minimum Gasteiger partial charge on any atom is -0.351 e. The molecule has 1 saturated carbocycles. The number of anilines is 1. The second kappa shape index (κ2) is 11.0. The van der Waals surface area contributed by atoms with E-state index in [0.717, 1.165) is 25.3 Å². The van der Waals surface area contributed by atoms with Crippen LogP contribution >= 0.6 is 0 Å². The first kappa shape index (κ1) is 20.4. The van der Waals surface area contributed by atoms with Crippen LogP contribution in [0.2, 0.25) is 0 Å². The maximum absolute atomic E-state index is 12.2. The number of rotatable bonds is 9. The number of amides is 2. The summed E-state index contributed by atoms with van der Waals surface area (Å²) < 4.78 is 0. The molecule has 2 amide bonds. The topological polar surface area (TPSA) is 61.4 Å². The molecule has 1 aromatic rings. The molecule has 0 aliphatic heterocycles. The molecule has 144 valence electrons. The van der Waals surface area contributed by atoms with Gasteiger partial charge in [0.25, 0.3) is 5.91 Å². The Bertz CT molecular complexity index is 561. The predicted molar refractivity (Wildman–Crippen MR) is 106 cm³/mol. The zero-order valence-corrected chi connectivity index (χ0v) is 16.2. The van der Waals surface area contributed by atoms with Crippen LogP contribution in [0.15, 0.2) is 24.3 Å². The van der Waals surface area contributed by atoms with Crippen molar-refractivity contribution in [3.8, 4) is 0 Å². The van der Waals surface area contributed by atoms with Gasteiger partial charge in [-0.2, -0.15) is 0 Å². The smallest absolute Gasteiger partial charge is 0.251 e. The number of nitrogens with one attached hydrogen (secondary N) is 2. The number of carbonyl (C=O) groups excluding carboxylic acids is 2. The van der Waals surface area contributed by atoms with Gasteiger partial charge in [-0.25, -0.2) is 0 Å². The van der Waals surface area contributed by atoms with E-state index in [1.807, 2.05) is 0 Å². The normalized spacial score (nSPS) is 15.0. The summed E-state index contributed by atoms with van der Waals surface area (Å²) in [5.74, 6) is 0.533. The Balaban J connectivity index is 1.75. The van der Waals surface area contributed by atoms with E-state index in [-0.39, 0.29) is 11.8 Å². The summed E-state index contributed by atoms with van der Waals surface area (Å²) in [4.78, 5) is 26.6. The van der Waals surface area contributed by atoms with Gasteiger partial charge in [0, 0.05) is 30.8 Å². The van der Waals surface area contributed by atoms with Crippen molar-refractivity contribution in [1.82, 2.24) is 10.2 Å². The highest BCUT2D eigenvalue weighted by Crippen LogP contribution is 2.26. The zero-order chi connectivity index (χ0) is 18.8. The minimum atomic E-state index is -0.0720. The van der Waals surface area contributed by atoms with Crippen LogP contribution in [-0.2, 0) is 4.79 Å². The molecule has 1 aliphatic rings.